The quantitative estimate of drug-likeness (QED) is 0.204. The summed E-state index contributed by atoms with van der Waals surface area (Å²) in [7, 11) is 0. The number of aryl methyl sites for hydroxylation is 2. The van der Waals surface area contributed by atoms with Gasteiger partial charge in [0.2, 0.25) is 0 Å². The molecule has 0 spiro atoms. The monoisotopic (exact) mass is 446 g/mol. The zero-order valence-corrected chi connectivity index (χ0v) is 19.8. The summed E-state index contributed by atoms with van der Waals surface area (Å²) >= 11 is 5.95. The van der Waals surface area contributed by atoms with Crippen LogP contribution >= 0.6 is 11.6 Å². The Bertz CT molecular complexity index is 1220. The van der Waals surface area contributed by atoms with Gasteiger partial charge >= 0.3 is 0 Å². The van der Waals surface area contributed by atoms with Crippen LogP contribution in [0.25, 0.3) is 23.8 Å². The normalized spacial score (nSPS) is 11.2. The average molecular weight is 447 g/mol. The molecule has 162 valence electrons. The smallest absolute Gasteiger partial charge is 0.0406 e. The topological polar surface area (TPSA) is 0 Å². The van der Waals surface area contributed by atoms with Crippen molar-refractivity contribution in [3.05, 3.63) is 153 Å². The summed E-state index contributed by atoms with van der Waals surface area (Å²) in [6.07, 6.45) is 10.7. The molecule has 0 saturated heterocycles. The Balaban J connectivity index is 1.52. The maximum absolute atomic E-state index is 5.95. The molecular formula is C32H27Cl. The summed E-state index contributed by atoms with van der Waals surface area (Å²) in [6, 6.07) is 33.8. The zero-order chi connectivity index (χ0) is 23.0. The molecule has 0 bridgehead atoms. The number of rotatable bonds is 6. The summed E-state index contributed by atoms with van der Waals surface area (Å²) < 4.78 is 0. The van der Waals surface area contributed by atoms with Gasteiger partial charge in [0.1, 0.15) is 0 Å². The van der Waals surface area contributed by atoms with Crippen molar-refractivity contribution in [3.63, 3.8) is 0 Å². The van der Waals surface area contributed by atoms with Crippen LogP contribution in [0, 0.1) is 13.8 Å². The number of halogens is 1. The maximum Gasteiger partial charge on any atom is 0.0406 e. The molecule has 4 aromatic carbocycles. The standard InChI is InChI=1S/C32H27Cl/c1-24-6-18-29(19-7-24)32(30-20-8-25(2)9-21-30)5-3-4-26-10-12-27(13-11-26)14-15-28-16-22-31(33)23-17-28/h3-23H,1-2H3/b4-3+,15-14+. The van der Waals surface area contributed by atoms with Gasteiger partial charge in [0.15, 0.2) is 0 Å². The van der Waals surface area contributed by atoms with Crippen LogP contribution in [-0.2, 0) is 0 Å². The lowest BCUT2D eigenvalue weighted by atomic mass is 9.96. The number of benzene rings is 4. The minimum Gasteiger partial charge on any atom is -0.0843 e. The van der Waals surface area contributed by atoms with Gasteiger partial charge in [-0.15, -0.1) is 0 Å². The van der Waals surface area contributed by atoms with Gasteiger partial charge in [-0.05, 0) is 59.4 Å². The van der Waals surface area contributed by atoms with E-state index in [1.165, 1.54) is 33.4 Å². The van der Waals surface area contributed by atoms with E-state index >= 15 is 0 Å². The minimum absolute atomic E-state index is 0.755. The van der Waals surface area contributed by atoms with Crippen molar-refractivity contribution in [1.82, 2.24) is 0 Å². The SMILES string of the molecule is Cc1ccc(C(=C/C=C/c2ccc(/C=C/c3ccc(Cl)cc3)cc2)c2ccc(C)cc2)cc1. The molecule has 0 amide bonds. The summed E-state index contributed by atoms with van der Waals surface area (Å²) in [5.41, 5.74) is 9.65. The molecule has 0 unspecified atom stereocenters. The van der Waals surface area contributed by atoms with E-state index in [4.69, 9.17) is 11.6 Å². The van der Waals surface area contributed by atoms with Crippen molar-refractivity contribution >= 4 is 35.4 Å². The van der Waals surface area contributed by atoms with Crippen molar-refractivity contribution in [2.75, 3.05) is 0 Å². The first kappa shape index (κ1) is 22.6. The van der Waals surface area contributed by atoms with Gasteiger partial charge in [0.05, 0.1) is 0 Å². The Morgan fingerprint density at radius 2 is 0.909 bits per heavy atom. The van der Waals surface area contributed by atoms with Crippen LogP contribution in [-0.4, -0.2) is 0 Å². The van der Waals surface area contributed by atoms with Crippen LogP contribution in [0.4, 0.5) is 0 Å². The van der Waals surface area contributed by atoms with Gasteiger partial charge in [-0.2, -0.15) is 0 Å². The highest BCUT2D eigenvalue weighted by Crippen LogP contribution is 2.25. The van der Waals surface area contributed by atoms with Crippen LogP contribution in [0.1, 0.15) is 38.9 Å². The molecule has 0 fully saturated rings. The van der Waals surface area contributed by atoms with E-state index in [9.17, 15) is 0 Å². The Labute approximate surface area is 202 Å². The van der Waals surface area contributed by atoms with E-state index in [2.05, 4.69) is 117 Å². The molecule has 0 nitrogen and oxygen atoms in total. The van der Waals surface area contributed by atoms with Gasteiger partial charge in [-0.3, -0.25) is 0 Å². The van der Waals surface area contributed by atoms with Gasteiger partial charge in [-0.25, -0.2) is 0 Å². The molecular weight excluding hydrogens is 420 g/mol. The van der Waals surface area contributed by atoms with Crippen LogP contribution in [0.5, 0.6) is 0 Å². The van der Waals surface area contributed by atoms with Gasteiger partial charge in [0, 0.05) is 5.02 Å². The molecule has 0 radical (unpaired) electrons. The summed E-state index contributed by atoms with van der Waals surface area (Å²) in [5, 5.41) is 0.755. The largest absolute Gasteiger partial charge is 0.0843 e. The molecule has 0 heterocycles. The highest BCUT2D eigenvalue weighted by molar-refractivity contribution is 6.30. The Kier molecular flexibility index (Phi) is 7.40. The van der Waals surface area contributed by atoms with Crippen molar-refractivity contribution < 1.29 is 0 Å². The van der Waals surface area contributed by atoms with E-state index in [0.29, 0.717) is 0 Å². The highest BCUT2D eigenvalue weighted by atomic mass is 35.5. The minimum atomic E-state index is 0.755. The third-order valence-electron chi connectivity index (χ3n) is 5.55. The van der Waals surface area contributed by atoms with E-state index in [1.807, 2.05) is 24.3 Å². The van der Waals surface area contributed by atoms with Crippen molar-refractivity contribution in [2.24, 2.45) is 0 Å². The Morgan fingerprint density at radius 1 is 0.515 bits per heavy atom. The molecule has 0 atom stereocenters. The summed E-state index contributed by atoms with van der Waals surface area (Å²) in [5.74, 6) is 0. The molecule has 0 aromatic heterocycles. The van der Waals surface area contributed by atoms with Crippen molar-refractivity contribution in [2.45, 2.75) is 13.8 Å². The number of allylic oxidation sites excluding steroid dienone is 2. The number of hydrogen-bond acceptors (Lipinski definition) is 0. The zero-order valence-electron chi connectivity index (χ0n) is 19.0. The van der Waals surface area contributed by atoms with E-state index in [-0.39, 0.29) is 0 Å². The first-order valence-corrected chi connectivity index (χ1v) is 11.5. The Morgan fingerprint density at radius 3 is 1.36 bits per heavy atom. The molecule has 0 aliphatic heterocycles. The second-order valence-corrected chi connectivity index (χ2v) is 8.66. The lowest BCUT2D eigenvalue weighted by Gasteiger charge is -2.09. The predicted molar refractivity (Wildman–Crippen MR) is 145 cm³/mol. The second kappa shape index (κ2) is 10.8. The molecule has 0 N–H and O–H groups in total. The fourth-order valence-corrected chi connectivity index (χ4v) is 3.69. The van der Waals surface area contributed by atoms with E-state index in [0.717, 1.165) is 16.1 Å². The van der Waals surface area contributed by atoms with Crippen LogP contribution in [0.15, 0.2) is 109 Å². The van der Waals surface area contributed by atoms with Crippen molar-refractivity contribution in [3.8, 4) is 0 Å². The lowest BCUT2D eigenvalue weighted by molar-refractivity contribution is 1.43. The first-order chi connectivity index (χ1) is 16.1. The predicted octanol–water partition coefficient (Wildman–Crippen LogP) is 9.27. The molecule has 4 rings (SSSR count). The fourth-order valence-electron chi connectivity index (χ4n) is 3.57. The Hall–Kier alpha value is -3.61. The number of hydrogen-bond donors (Lipinski definition) is 0. The van der Waals surface area contributed by atoms with Crippen LogP contribution < -0.4 is 0 Å². The van der Waals surface area contributed by atoms with Crippen LogP contribution in [0.2, 0.25) is 5.02 Å². The van der Waals surface area contributed by atoms with Crippen LogP contribution in [0.3, 0.4) is 0 Å². The molecule has 0 aliphatic rings. The fraction of sp³-hybridized carbons (Fsp3) is 0.0625. The molecule has 1 heteroatoms. The first-order valence-electron chi connectivity index (χ1n) is 11.1. The summed E-state index contributed by atoms with van der Waals surface area (Å²) in [4.78, 5) is 0. The average Bonchev–Trinajstić information content (AvgIpc) is 2.84. The second-order valence-electron chi connectivity index (χ2n) is 8.22. The molecule has 0 saturated carbocycles. The van der Waals surface area contributed by atoms with Crippen molar-refractivity contribution in [1.29, 1.82) is 0 Å². The van der Waals surface area contributed by atoms with Gasteiger partial charge in [-0.1, -0.05) is 138 Å². The highest BCUT2D eigenvalue weighted by Gasteiger charge is 2.04. The maximum atomic E-state index is 5.95. The molecule has 4 aromatic rings. The van der Waals surface area contributed by atoms with Gasteiger partial charge < -0.3 is 0 Å². The summed E-state index contributed by atoms with van der Waals surface area (Å²) in [6.45, 7) is 4.24. The third kappa shape index (κ3) is 6.44. The van der Waals surface area contributed by atoms with Gasteiger partial charge in [0.25, 0.3) is 0 Å². The third-order valence-corrected chi connectivity index (χ3v) is 5.80. The van der Waals surface area contributed by atoms with E-state index in [1.54, 1.807) is 0 Å². The molecule has 33 heavy (non-hydrogen) atoms. The molecule has 0 aliphatic carbocycles. The lowest BCUT2D eigenvalue weighted by Crippen LogP contribution is -1.88. The van der Waals surface area contributed by atoms with E-state index < -0.39 is 0 Å².